The minimum atomic E-state index is -1.40. The molecule has 0 aliphatic carbocycles. The molecule has 18 heavy (non-hydrogen) atoms. The summed E-state index contributed by atoms with van der Waals surface area (Å²) in [6.07, 6.45) is 0. The lowest BCUT2D eigenvalue weighted by Crippen LogP contribution is -2.29. The Kier molecular flexibility index (Phi) is 4.47. The first-order chi connectivity index (χ1) is 8.66. The molecule has 0 aromatic heterocycles. The van der Waals surface area contributed by atoms with Gasteiger partial charge in [-0.25, -0.2) is 0 Å². The van der Waals surface area contributed by atoms with Gasteiger partial charge in [0.2, 0.25) is 0 Å². The van der Waals surface area contributed by atoms with Crippen LogP contribution in [0, 0.1) is 0 Å². The second-order valence-electron chi connectivity index (χ2n) is 4.12. The number of benzene rings is 2. The lowest BCUT2D eigenvalue weighted by atomic mass is 9.79. The fourth-order valence-electron chi connectivity index (χ4n) is 1.74. The lowest BCUT2D eigenvalue weighted by molar-refractivity contribution is 0.425. The molecule has 2 rings (SSSR count). The van der Waals surface area contributed by atoms with Gasteiger partial charge in [0, 0.05) is 10.1 Å². The molecule has 1 atom stereocenters. The van der Waals surface area contributed by atoms with Crippen LogP contribution in [-0.4, -0.2) is 17.2 Å². The second-order valence-corrected chi connectivity index (χ2v) is 5.53. The summed E-state index contributed by atoms with van der Waals surface area (Å²) in [5.74, 6) is 0. The van der Waals surface area contributed by atoms with Crippen LogP contribution in [0.15, 0.2) is 59.5 Å². The molecule has 0 radical (unpaired) electrons. The van der Waals surface area contributed by atoms with Gasteiger partial charge in [-0.3, -0.25) is 0 Å². The summed E-state index contributed by atoms with van der Waals surface area (Å²) < 4.78 is 0. The highest BCUT2D eigenvalue weighted by molar-refractivity contribution is 7.99. The minimum absolute atomic E-state index is 0.270. The highest BCUT2D eigenvalue weighted by atomic mass is 32.2. The van der Waals surface area contributed by atoms with Gasteiger partial charge in [0.25, 0.3) is 0 Å². The average molecular weight is 258 g/mol. The molecule has 0 fully saturated rings. The van der Waals surface area contributed by atoms with Gasteiger partial charge in [-0.05, 0) is 30.1 Å². The summed E-state index contributed by atoms with van der Waals surface area (Å²) in [6, 6.07) is 17.6. The summed E-state index contributed by atoms with van der Waals surface area (Å²) in [5, 5.41) is 18.6. The van der Waals surface area contributed by atoms with E-state index < -0.39 is 7.12 Å². The van der Waals surface area contributed by atoms with Crippen molar-refractivity contribution in [2.45, 2.75) is 17.1 Å². The zero-order valence-corrected chi connectivity index (χ0v) is 11.0. The van der Waals surface area contributed by atoms with Crippen LogP contribution >= 0.6 is 11.8 Å². The van der Waals surface area contributed by atoms with E-state index in [0.717, 1.165) is 5.56 Å². The highest BCUT2D eigenvalue weighted by Gasteiger charge is 2.13. The van der Waals surface area contributed by atoms with Gasteiger partial charge in [0.05, 0.1) is 0 Å². The molecule has 0 aliphatic rings. The molecule has 0 saturated carbocycles. The monoisotopic (exact) mass is 258 g/mol. The van der Waals surface area contributed by atoms with Gasteiger partial charge in [-0.1, -0.05) is 42.5 Å². The van der Waals surface area contributed by atoms with Crippen molar-refractivity contribution in [1.29, 1.82) is 0 Å². The Morgan fingerprint density at radius 2 is 1.72 bits per heavy atom. The van der Waals surface area contributed by atoms with E-state index in [-0.39, 0.29) is 5.25 Å². The van der Waals surface area contributed by atoms with E-state index in [1.165, 1.54) is 4.90 Å². The van der Waals surface area contributed by atoms with Crippen molar-refractivity contribution in [2.24, 2.45) is 0 Å². The Labute approximate surface area is 112 Å². The van der Waals surface area contributed by atoms with Gasteiger partial charge in [0.15, 0.2) is 0 Å². The van der Waals surface area contributed by atoms with Crippen LogP contribution in [0.25, 0.3) is 0 Å². The Balaban J connectivity index is 2.14. The first kappa shape index (κ1) is 13.2. The summed E-state index contributed by atoms with van der Waals surface area (Å²) in [6.45, 7) is 2.11. The molecular weight excluding hydrogens is 243 g/mol. The largest absolute Gasteiger partial charge is 0.488 e. The molecule has 92 valence electrons. The molecule has 2 aromatic carbocycles. The lowest BCUT2D eigenvalue weighted by Gasteiger charge is -2.12. The van der Waals surface area contributed by atoms with Gasteiger partial charge >= 0.3 is 7.12 Å². The predicted octanol–water partition coefficient (Wildman–Crippen LogP) is 2.22. The molecule has 0 aliphatic heterocycles. The fraction of sp³-hybridized carbons (Fsp3) is 0.143. The predicted molar refractivity (Wildman–Crippen MR) is 77.0 cm³/mol. The minimum Gasteiger partial charge on any atom is -0.423 e. The maximum Gasteiger partial charge on any atom is 0.488 e. The van der Waals surface area contributed by atoms with Gasteiger partial charge < -0.3 is 10.0 Å². The van der Waals surface area contributed by atoms with Crippen LogP contribution in [0.2, 0.25) is 0 Å². The molecule has 2 N–H and O–H groups in total. The van der Waals surface area contributed by atoms with E-state index in [2.05, 4.69) is 19.1 Å². The third kappa shape index (κ3) is 3.39. The number of hydrogen-bond donors (Lipinski definition) is 2. The maximum absolute atomic E-state index is 9.17. The van der Waals surface area contributed by atoms with Crippen LogP contribution in [0.5, 0.6) is 0 Å². The van der Waals surface area contributed by atoms with Gasteiger partial charge in [0.1, 0.15) is 0 Å². The molecular formula is C14H15BO2S. The zero-order chi connectivity index (χ0) is 13.0. The van der Waals surface area contributed by atoms with Crippen LogP contribution in [-0.2, 0) is 0 Å². The summed E-state index contributed by atoms with van der Waals surface area (Å²) in [7, 11) is -1.40. The van der Waals surface area contributed by atoms with Crippen LogP contribution < -0.4 is 5.46 Å². The quantitative estimate of drug-likeness (QED) is 0.652. The normalized spacial score (nSPS) is 12.2. The van der Waals surface area contributed by atoms with E-state index in [9.17, 15) is 0 Å². The van der Waals surface area contributed by atoms with E-state index in [1.54, 1.807) is 17.8 Å². The Morgan fingerprint density at radius 3 is 2.39 bits per heavy atom. The van der Waals surface area contributed by atoms with Crippen LogP contribution in [0.4, 0.5) is 0 Å². The summed E-state index contributed by atoms with van der Waals surface area (Å²) >= 11 is 1.75. The molecule has 2 aromatic rings. The molecule has 2 nitrogen and oxygen atoms in total. The van der Waals surface area contributed by atoms with E-state index in [4.69, 9.17) is 10.0 Å². The average Bonchev–Trinajstić information content (AvgIpc) is 2.40. The third-order valence-electron chi connectivity index (χ3n) is 2.73. The van der Waals surface area contributed by atoms with Crippen molar-refractivity contribution in [1.82, 2.24) is 0 Å². The van der Waals surface area contributed by atoms with Gasteiger partial charge in [-0.15, -0.1) is 11.8 Å². The molecule has 0 spiro atoms. The van der Waals surface area contributed by atoms with E-state index in [0.29, 0.717) is 5.46 Å². The van der Waals surface area contributed by atoms with Crippen molar-refractivity contribution in [3.05, 3.63) is 60.2 Å². The summed E-state index contributed by atoms with van der Waals surface area (Å²) in [4.78, 5) is 1.21. The van der Waals surface area contributed by atoms with Gasteiger partial charge in [-0.2, -0.15) is 0 Å². The fourth-order valence-corrected chi connectivity index (χ4v) is 2.75. The molecule has 4 heteroatoms. The molecule has 0 amide bonds. The number of thioether (sulfide) groups is 1. The molecule has 0 heterocycles. The molecule has 0 saturated heterocycles. The standard InChI is InChI=1S/C14H15BO2S/c1-11(18-14-8-3-2-4-9-14)12-6-5-7-13(10-12)15(16)17/h2-11,16-17H,1H3. The maximum atomic E-state index is 9.17. The highest BCUT2D eigenvalue weighted by Crippen LogP contribution is 2.33. The zero-order valence-electron chi connectivity index (χ0n) is 10.2. The number of rotatable bonds is 4. The van der Waals surface area contributed by atoms with E-state index in [1.807, 2.05) is 36.4 Å². The molecule has 1 unspecified atom stereocenters. The third-order valence-corrected chi connectivity index (χ3v) is 3.90. The Morgan fingerprint density at radius 1 is 1.00 bits per heavy atom. The van der Waals surface area contributed by atoms with Crippen molar-refractivity contribution < 1.29 is 10.0 Å². The smallest absolute Gasteiger partial charge is 0.423 e. The Bertz CT molecular complexity index is 502. The number of hydrogen-bond acceptors (Lipinski definition) is 3. The van der Waals surface area contributed by atoms with Crippen molar-refractivity contribution in [3.8, 4) is 0 Å². The van der Waals surface area contributed by atoms with Crippen molar-refractivity contribution in [2.75, 3.05) is 0 Å². The van der Waals surface area contributed by atoms with Crippen molar-refractivity contribution >= 4 is 24.3 Å². The van der Waals surface area contributed by atoms with Crippen LogP contribution in [0.3, 0.4) is 0 Å². The van der Waals surface area contributed by atoms with Crippen LogP contribution in [0.1, 0.15) is 17.7 Å². The summed E-state index contributed by atoms with van der Waals surface area (Å²) in [5.41, 5.74) is 1.63. The van der Waals surface area contributed by atoms with Crippen molar-refractivity contribution in [3.63, 3.8) is 0 Å². The Hall–Kier alpha value is -1.23. The topological polar surface area (TPSA) is 40.5 Å². The first-order valence-corrected chi connectivity index (χ1v) is 6.72. The first-order valence-electron chi connectivity index (χ1n) is 5.84. The second kappa shape index (κ2) is 6.09. The van der Waals surface area contributed by atoms with E-state index >= 15 is 0 Å². The molecule has 0 bridgehead atoms. The SMILES string of the molecule is CC(Sc1ccccc1)c1cccc(B(O)O)c1.